The molecule has 1 aliphatic rings. The first-order valence-corrected chi connectivity index (χ1v) is 8.75. The molecule has 0 aliphatic carbocycles. The van der Waals surface area contributed by atoms with Crippen LogP contribution in [0.15, 0.2) is 35.8 Å². The Kier molecular flexibility index (Phi) is 5.41. The summed E-state index contributed by atoms with van der Waals surface area (Å²) in [6.07, 6.45) is 1.66. The maximum atomic E-state index is 12.0. The number of amides is 1. The van der Waals surface area contributed by atoms with Gasteiger partial charge in [-0.25, -0.2) is 4.98 Å². The van der Waals surface area contributed by atoms with Gasteiger partial charge in [-0.15, -0.1) is 11.3 Å². The quantitative estimate of drug-likeness (QED) is 0.891. The number of thiophene rings is 1. The van der Waals surface area contributed by atoms with Crippen LogP contribution in [-0.2, 0) is 11.3 Å². The number of rotatable bonds is 5. The first kappa shape index (κ1) is 16.4. The van der Waals surface area contributed by atoms with E-state index >= 15 is 0 Å². The van der Waals surface area contributed by atoms with E-state index in [9.17, 15) is 4.79 Å². The second-order valence-electron chi connectivity index (χ2n) is 5.63. The summed E-state index contributed by atoms with van der Waals surface area (Å²) in [5, 5.41) is 13.9. The van der Waals surface area contributed by atoms with Gasteiger partial charge in [0, 0.05) is 37.3 Å². The van der Waals surface area contributed by atoms with Crippen molar-refractivity contribution in [1.29, 1.82) is 5.26 Å². The minimum Gasteiger partial charge on any atom is -0.354 e. The molecular formula is C17H19N5OS. The summed E-state index contributed by atoms with van der Waals surface area (Å²) in [4.78, 5) is 21.8. The monoisotopic (exact) mass is 341 g/mol. The third-order valence-corrected chi connectivity index (χ3v) is 4.85. The lowest BCUT2D eigenvalue weighted by Gasteiger charge is -2.35. The Bertz CT molecular complexity index is 717. The van der Waals surface area contributed by atoms with Gasteiger partial charge in [0.15, 0.2) is 0 Å². The fraction of sp³-hybridized carbons (Fsp3) is 0.353. The Morgan fingerprint density at radius 1 is 1.33 bits per heavy atom. The molecule has 1 amide bonds. The van der Waals surface area contributed by atoms with Crippen molar-refractivity contribution >= 4 is 23.1 Å². The Morgan fingerprint density at radius 2 is 2.17 bits per heavy atom. The predicted octanol–water partition coefficient (Wildman–Crippen LogP) is 1.45. The standard InChI is InChI=1S/C17H19N5OS/c18-11-14-3-4-19-16(10-14)22-7-5-21(6-8-22)13-17(23)20-12-15-2-1-9-24-15/h1-4,9-10H,5-8,12-13H2,(H,20,23). The average Bonchev–Trinajstić information content (AvgIpc) is 3.14. The van der Waals surface area contributed by atoms with Gasteiger partial charge >= 0.3 is 0 Å². The fourth-order valence-corrected chi connectivity index (χ4v) is 3.30. The zero-order chi connectivity index (χ0) is 16.8. The molecule has 3 rings (SSSR count). The van der Waals surface area contributed by atoms with Crippen molar-refractivity contribution in [2.24, 2.45) is 0 Å². The van der Waals surface area contributed by atoms with Gasteiger partial charge in [-0.2, -0.15) is 5.26 Å². The molecule has 24 heavy (non-hydrogen) atoms. The van der Waals surface area contributed by atoms with Crippen molar-refractivity contribution in [3.8, 4) is 6.07 Å². The normalized spacial score (nSPS) is 15.0. The van der Waals surface area contributed by atoms with Crippen molar-refractivity contribution in [1.82, 2.24) is 15.2 Å². The minimum absolute atomic E-state index is 0.0569. The van der Waals surface area contributed by atoms with Gasteiger partial charge in [0.25, 0.3) is 0 Å². The lowest BCUT2D eigenvalue weighted by Crippen LogP contribution is -2.49. The van der Waals surface area contributed by atoms with Crippen LogP contribution < -0.4 is 10.2 Å². The molecule has 6 nitrogen and oxygen atoms in total. The number of carbonyl (C=O) groups is 1. The topological polar surface area (TPSA) is 72.3 Å². The molecule has 0 bridgehead atoms. The molecule has 124 valence electrons. The molecule has 0 aromatic carbocycles. The zero-order valence-corrected chi connectivity index (χ0v) is 14.1. The second kappa shape index (κ2) is 7.90. The molecule has 0 saturated carbocycles. The van der Waals surface area contributed by atoms with Gasteiger partial charge in [-0.1, -0.05) is 6.07 Å². The molecule has 1 aliphatic heterocycles. The summed E-state index contributed by atoms with van der Waals surface area (Å²) in [5.74, 6) is 0.886. The van der Waals surface area contributed by atoms with Crippen LogP contribution in [0.1, 0.15) is 10.4 Å². The van der Waals surface area contributed by atoms with Gasteiger partial charge in [-0.05, 0) is 23.6 Å². The number of piperazine rings is 1. The first-order valence-electron chi connectivity index (χ1n) is 7.87. The van der Waals surface area contributed by atoms with Crippen LogP contribution in [0.25, 0.3) is 0 Å². The summed E-state index contributed by atoms with van der Waals surface area (Å²) >= 11 is 1.65. The number of nitriles is 1. The molecule has 0 unspecified atom stereocenters. The molecular weight excluding hydrogens is 322 g/mol. The number of anilines is 1. The summed E-state index contributed by atoms with van der Waals surface area (Å²) in [6, 6.07) is 9.66. The lowest BCUT2D eigenvalue weighted by atomic mass is 10.2. The smallest absolute Gasteiger partial charge is 0.234 e. The minimum atomic E-state index is 0.0569. The molecule has 7 heteroatoms. The highest BCUT2D eigenvalue weighted by atomic mass is 32.1. The molecule has 1 N–H and O–H groups in total. The van der Waals surface area contributed by atoms with E-state index in [-0.39, 0.29) is 5.91 Å². The van der Waals surface area contributed by atoms with Crippen LogP contribution in [0.5, 0.6) is 0 Å². The predicted molar refractivity (Wildman–Crippen MR) is 93.8 cm³/mol. The van der Waals surface area contributed by atoms with Gasteiger partial charge < -0.3 is 10.2 Å². The fourth-order valence-electron chi connectivity index (χ4n) is 2.65. The molecule has 3 heterocycles. The number of carbonyl (C=O) groups excluding carboxylic acids is 1. The highest BCUT2D eigenvalue weighted by Crippen LogP contribution is 2.14. The average molecular weight is 341 g/mol. The van der Waals surface area contributed by atoms with Crippen molar-refractivity contribution in [3.05, 3.63) is 46.3 Å². The van der Waals surface area contributed by atoms with Gasteiger partial charge in [0.2, 0.25) is 5.91 Å². The third kappa shape index (κ3) is 4.31. The van der Waals surface area contributed by atoms with Crippen molar-refractivity contribution < 1.29 is 4.79 Å². The van der Waals surface area contributed by atoms with Gasteiger partial charge in [0.1, 0.15) is 5.82 Å². The molecule has 2 aromatic rings. The Balaban J connectivity index is 1.44. The summed E-state index contributed by atoms with van der Waals surface area (Å²) < 4.78 is 0. The third-order valence-electron chi connectivity index (χ3n) is 3.98. The van der Waals surface area contributed by atoms with E-state index in [1.807, 2.05) is 23.6 Å². The molecule has 2 aromatic heterocycles. The molecule has 0 spiro atoms. The lowest BCUT2D eigenvalue weighted by molar-refractivity contribution is -0.122. The molecule has 0 atom stereocenters. The van der Waals surface area contributed by atoms with Crippen molar-refractivity contribution in [2.45, 2.75) is 6.54 Å². The van der Waals surface area contributed by atoms with Gasteiger partial charge in [-0.3, -0.25) is 9.69 Å². The summed E-state index contributed by atoms with van der Waals surface area (Å²) in [7, 11) is 0. The maximum absolute atomic E-state index is 12.0. The number of nitrogens with zero attached hydrogens (tertiary/aromatic N) is 4. The van der Waals surface area contributed by atoms with E-state index in [4.69, 9.17) is 5.26 Å². The Morgan fingerprint density at radius 3 is 2.88 bits per heavy atom. The first-order chi connectivity index (χ1) is 11.7. The molecule has 0 radical (unpaired) electrons. The van der Waals surface area contributed by atoms with Crippen LogP contribution in [0.2, 0.25) is 0 Å². The van der Waals surface area contributed by atoms with Crippen molar-refractivity contribution in [3.63, 3.8) is 0 Å². The SMILES string of the molecule is N#Cc1ccnc(N2CCN(CC(=O)NCc3cccs3)CC2)c1. The van der Waals surface area contributed by atoms with Crippen LogP contribution in [-0.4, -0.2) is 48.5 Å². The number of pyridine rings is 1. The van der Waals surface area contributed by atoms with Crippen molar-refractivity contribution in [2.75, 3.05) is 37.6 Å². The largest absolute Gasteiger partial charge is 0.354 e. The zero-order valence-electron chi connectivity index (χ0n) is 13.3. The van der Waals surface area contributed by atoms with Crippen LogP contribution >= 0.6 is 11.3 Å². The summed E-state index contributed by atoms with van der Waals surface area (Å²) in [6.45, 7) is 4.25. The number of hydrogen-bond acceptors (Lipinski definition) is 6. The number of hydrogen-bond donors (Lipinski definition) is 1. The molecule has 1 saturated heterocycles. The molecule has 1 fully saturated rings. The van der Waals surface area contributed by atoms with E-state index in [1.165, 1.54) is 0 Å². The van der Waals surface area contributed by atoms with Crippen LogP contribution in [0, 0.1) is 11.3 Å². The Labute approximate surface area is 145 Å². The maximum Gasteiger partial charge on any atom is 0.234 e. The van der Waals surface area contributed by atoms with Crippen LogP contribution in [0.3, 0.4) is 0 Å². The van der Waals surface area contributed by atoms with E-state index < -0.39 is 0 Å². The highest BCUT2D eigenvalue weighted by molar-refractivity contribution is 7.09. The van der Waals surface area contributed by atoms with E-state index in [1.54, 1.807) is 23.6 Å². The summed E-state index contributed by atoms with van der Waals surface area (Å²) in [5.41, 5.74) is 0.621. The van der Waals surface area contributed by atoms with E-state index in [0.29, 0.717) is 18.7 Å². The van der Waals surface area contributed by atoms with Crippen LogP contribution in [0.4, 0.5) is 5.82 Å². The Hall–Kier alpha value is -2.43. The highest BCUT2D eigenvalue weighted by Gasteiger charge is 2.20. The van der Waals surface area contributed by atoms with E-state index in [2.05, 4.69) is 26.2 Å². The van der Waals surface area contributed by atoms with E-state index in [0.717, 1.165) is 36.9 Å². The number of nitrogens with one attached hydrogen (secondary N) is 1. The number of aromatic nitrogens is 1. The van der Waals surface area contributed by atoms with Gasteiger partial charge in [0.05, 0.1) is 24.7 Å². The second-order valence-corrected chi connectivity index (χ2v) is 6.67.